The second-order valence-corrected chi connectivity index (χ2v) is 4.78. The van der Waals surface area contributed by atoms with Crippen molar-refractivity contribution < 1.29 is 4.79 Å². The van der Waals surface area contributed by atoms with Crippen molar-refractivity contribution in [3.8, 4) is 0 Å². The molecule has 0 bridgehead atoms. The number of amides is 1. The van der Waals surface area contributed by atoms with Crippen LogP contribution in [-0.2, 0) is 4.79 Å². The Balaban J connectivity index is 3.18. The molecule has 1 heterocycles. The van der Waals surface area contributed by atoms with Crippen molar-refractivity contribution in [1.29, 1.82) is 0 Å². The lowest BCUT2D eigenvalue weighted by Crippen LogP contribution is -2.47. The molecule has 1 aliphatic heterocycles. The highest BCUT2D eigenvalue weighted by Crippen LogP contribution is 2.44. The van der Waals surface area contributed by atoms with Crippen LogP contribution in [-0.4, -0.2) is 25.9 Å². The summed E-state index contributed by atoms with van der Waals surface area (Å²) in [4.78, 5) is 12.0. The highest BCUT2D eigenvalue weighted by Gasteiger charge is 2.59. The summed E-state index contributed by atoms with van der Waals surface area (Å²) in [6.45, 7) is 7.56. The van der Waals surface area contributed by atoms with Crippen LogP contribution in [0, 0.1) is 0 Å². The summed E-state index contributed by atoms with van der Waals surface area (Å²) in [6.07, 6.45) is 1.33. The van der Waals surface area contributed by atoms with Crippen molar-refractivity contribution in [3.63, 3.8) is 0 Å². The maximum atomic E-state index is 12.0. The van der Waals surface area contributed by atoms with E-state index in [9.17, 15) is 4.79 Å². The van der Waals surface area contributed by atoms with Gasteiger partial charge in [0.05, 0.1) is 0 Å². The number of hydrogen-bond acceptors (Lipinski definition) is 2. The number of halogens is 2. The molecule has 0 aromatic rings. The van der Waals surface area contributed by atoms with Gasteiger partial charge in [0, 0.05) is 11.8 Å². The van der Waals surface area contributed by atoms with E-state index in [1.54, 1.807) is 4.42 Å². The van der Waals surface area contributed by atoms with Gasteiger partial charge in [-0.3, -0.25) is 4.79 Å². The average Bonchev–Trinajstić information content (AvgIpc) is 2.29. The monoisotopic (exact) mass is 238 g/mol. The van der Waals surface area contributed by atoms with E-state index in [4.69, 9.17) is 23.6 Å². The highest BCUT2D eigenvalue weighted by atomic mass is 35.5. The summed E-state index contributed by atoms with van der Waals surface area (Å²) in [5.41, 5.74) is -1.28. The zero-order valence-electron chi connectivity index (χ0n) is 8.97. The van der Waals surface area contributed by atoms with Crippen molar-refractivity contribution >= 4 is 29.5 Å². The molecule has 1 rings (SSSR count). The SMILES string of the molecule is CCC1(CC)C(=O)N(Cl)C(C)(C)N1Cl. The summed E-state index contributed by atoms with van der Waals surface area (Å²) >= 11 is 12.2. The Morgan fingerprint density at radius 1 is 1.21 bits per heavy atom. The maximum Gasteiger partial charge on any atom is 0.260 e. The Labute approximate surface area is 95.2 Å². The van der Waals surface area contributed by atoms with Crippen LogP contribution in [0.15, 0.2) is 0 Å². The van der Waals surface area contributed by atoms with Gasteiger partial charge in [0.2, 0.25) is 0 Å². The predicted octanol–water partition coefficient (Wildman–Crippen LogP) is 2.73. The molecule has 0 N–H and O–H groups in total. The summed E-state index contributed by atoms with van der Waals surface area (Å²) in [7, 11) is 0. The molecule has 0 atom stereocenters. The molecule has 0 aliphatic carbocycles. The molecule has 1 amide bonds. The predicted molar refractivity (Wildman–Crippen MR) is 57.8 cm³/mol. The fourth-order valence-corrected chi connectivity index (χ4v) is 2.60. The van der Waals surface area contributed by atoms with Crippen LogP contribution in [0.25, 0.3) is 0 Å². The lowest BCUT2D eigenvalue weighted by atomic mass is 9.93. The zero-order valence-corrected chi connectivity index (χ0v) is 10.5. The van der Waals surface area contributed by atoms with E-state index in [0.29, 0.717) is 12.8 Å². The van der Waals surface area contributed by atoms with Crippen molar-refractivity contribution in [2.75, 3.05) is 0 Å². The smallest absolute Gasteiger partial charge is 0.260 e. The minimum Gasteiger partial charge on any atom is -0.271 e. The third-order valence-electron chi connectivity index (χ3n) is 3.08. The number of rotatable bonds is 2. The topological polar surface area (TPSA) is 23.6 Å². The van der Waals surface area contributed by atoms with Crippen LogP contribution in [0.3, 0.4) is 0 Å². The summed E-state index contributed by atoms with van der Waals surface area (Å²) in [6, 6.07) is 0. The summed E-state index contributed by atoms with van der Waals surface area (Å²) in [5, 5.41) is 0. The van der Waals surface area contributed by atoms with E-state index in [2.05, 4.69) is 0 Å². The van der Waals surface area contributed by atoms with Crippen LogP contribution in [0.4, 0.5) is 0 Å². The number of carbonyl (C=O) groups is 1. The number of hydrogen-bond donors (Lipinski definition) is 0. The first-order chi connectivity index (χ1) is 6.34. The molecule has 0 unspecified atom stereocenters. The van der Waals surface area contributed by atoms with E-state index in [-0.39, 0.29) is 5.91 Å². The first kappa shape index (κ1) is 12.1. The highest BCUT2D eigenvalue weighted by molar-refractivity contribution is 6.27. The molecule has 0 saturated carbocycles. The number of carbonyl (C=O) groups excluding carboxylic acids is 1. The third kappa shape index (κ3) is 1.26. The first-order valence-electron chi connectivity index (χ1n) is 4.81. The van der Waals surface area contributed by atoms with Gasteiger partial charge in [-0.2, -0.15) is 4.42 Å². The normalized spacial score (nSPS) is 25.9. The zero-order chi connectivity index (χ0) is 11.1. The van der Waals surface area contributed by atoms with Gasteiger partial charge in [-0.05, 0) is 38.5 Å². The van der Waals surface area contributed by atoms with Crippen LogP contribution in [0.5, 0.6) is 0 Å². The van der Waals surface area contributed by atoms with E-state index in [1.807, 2.05) is 27.7 Å². The molecule has 0 spiro atoms. The molecular weight excluding hydrogens is 223 g/mol. The van der Waals surface area contributed by atoms with Crippen LogP contribution < -0.4 is 0 Å². The third-order valence-corrected chi connectivity index (χ3v) is 4.39. The van der Waals surface area contributed by atoms with Crippen molar-refractivity contribution in [2.24, 2.45) is 0 Å². The Kier molecular flexibility index (Phi) is 3.06. The molecule has 0 aromatic heterocycles. The molecular formula is C9H16Cl2N2O. The molecule has 1 fully saturated rings. The molecule has 0 aromatic carbocycles. The van der Waals surface area contributed by atoms with Gasteiger partial charge in [0.25, 0.3) is 5.91 Å². The molecule has 1 aliphatic rings. The molecule has 1 saturated heterocycles. The first-order valence-corrected chi connectivity index (χ1v) is 5.48. The van der Waals surface area contributed by atoms with Crippen LogP contribution in [0.2, 0.25) is 0 Å². The number of nitrogens with zero attached hydrogens (tertiary/aromatic N) is 2. The van der Waals surface area contributed by atoms with Crippen molar-refractivity contribution in [1.82, 2.24) is 8.84 Å². The largest absolute Gasteiger partial charge is 0.271 e. The van der Waals surface area contributed by atoms with Gasteiger partial charge in [-0.1, -0.05) is 13.8 Å². The van der Waals surface area contributed by atoms with E-state index >= 15 is 0 Å². The lowest BCUT2D eigenvalue weighted by Gasteiger charge is -2.34. The Bertz CT molecular complexity index is 251. The van der Waals surface area contributed by atoms with Gasteiger partial charge in [0.15, 0.2) is 0 Å². The molecule has 3 nitrogen and oxygen atoms in total. The maximum absolute atomic E-state index is 12.0. The fraction of sp³-hybridized carbons (Fsp3) is 0.889. The average molecular weight is 239 g/mol. The van der Waals surface area contributed by atoms with Gasteiger partial charge in [-0.15, -0.1) is 0 Å². The van der Waals surface area contributed by atoms with Gasteiger partial charge >= 0.3 is 0 Å². The minimum atomic E-state index is -0.646. The standard InChI is InChI=1S/C9H16Cl2N2O/c1-5-9(6-2)7(14)12(10)8(3,4)13(9)11/h5-6H2,1-4H3. The molecule has 14 heavy (non-hydrogen) atoms. The molecule has 0 radical (unpaired) electrons. The summed E-state index contributed by atoms with van der Waals surface area (Å²) < 4.78 is 2.75. The van der Waals surface area contributed by atoms with Crippen LogP contribution >= 0.6 is 23.6 Å². The molecule has 5 heteroatoms. The minimum absolute atomic E-state index is 0.107. The van der Waals surface area contributed by atoms with E-state index in [0.717, 1.165) is 0 Å². The van der Waals surface area contributed by atoms with Crippen molar-refractivity contribution in [3.05, 3.63) is 0 Å². The lowest BCUT2D eigenvalue weighted by molar-refractivity contribution is -0.130. The van der Waals surface area contributed by atoms with Crippen molar-refractivity contribution in [2.45, 2.75) is 51.7 Å². The van der Waals surface area contributed by atoms with Gasteiger partial charge in [-0.25, -0.2) is 4.42 Å². The Hall–Kier alpha value is 0.01000. The summed E-state index contributed by atoms with van der Waals surface area (Å²) in [5.74, 6) is -0.107. The second kappa shape index (κ2) is 3.54. The second-order valence-electron chi connectivity index (χ2n) is 4.10. The Morgan fingerprint density at radius 3 is 1.79 bits per heavy atom. The van der Waals surface area contributed by atoms with E-state index < -0.39 is 11.2 Å². The van der Waals surface area contributed by atoms with Gasteiger partial charge < -0.3 is 0 Å². The van der Waals surface area contributed by atoms with Crippen LogP contribution in [0.1, 0.15) is 40.5 Å². The van der Waals surface area contributed by atoms with Gasteiger partial charge in [0.1, 0.15) is 11.2 Å². The fourth-order valence-electron chi connectivity index (χ4n) is 1.95. The Morgan fingerprint density at radius 2 is 1.64 bits per heavy atom. The molecule has 82 valence electrons. The van der Waals surface area contributed by atoms with E-state index in [1.165, 1.54) is 4.42 Å². The quantitative estimate of drug-likeness (QED) is 0.692.